The molecule has 0 heterocycles. The van der Waals surface area contributed by atoms with E-state index in [2.05, 4.69) is 27.7 Å². The van der Waals surface area contributed by atoms with E-state index in [0.717, 1.165) is 49.4 Å². The molecule has 0 aromatic rings. The van der Waals surface area contributed by atoms with Crippen LogP contribution in [-0.2, 0) is 9.53 Å². The van der Waals surface area contributed by atoms with Crippen LogP contribution in [0.2, 0.25) is 0 Å². The van der Waals surface area contributed by atoms with Gasteiger partial charge in [-0.1, -0.05) is 58.1 Å². The summed E-state index contributed by atoms with van der Waals surface area (Å²) in [7, 11) is 0. The molecule has 2 saturated carbocycles. The molecule has 0 spiro atoms. The zero-order valence-corrected chi connectivity index (χ0v) is 23.8. The highest BCUT2D eigenvalue weighted by Crippen LogP contribution is 2.65. The van der Waals surface area contributed by atoms with Crippen LogP contribution >= 0.6 is 0 Å². The average molecular weight is 489 g/mol. The number of alkyl halides is 1. The Bertz CT molecular complexity index is 792. The van der Waals surface area contributed by atoms with E-state index in [1.54, 1.807) is 5.57 Å². The van der Waals surface area contributed by atoms with Crippen molar-refractivity contribution >= 4 is 5.97 Å². The fourth-order valence-electron chi connectivity index (χ4n) is 8.94. The standard InChI is InChI=1S/C32H53FO2/c1-20(2)9-8-10-21(3)28-13-14-29-27-17-22(19-33)26-18-23(35-30(34)31(4,5)6)11-12-24(26)25(27)15-16-32(28,29)7/h20-23,25,27-29H,8-19H2,1-7H3/t21-,22?,23+,25-,27-,28-,29+,32-/m1/s1. The number of carbonyl (C=O) groups excluding carboxylic acids is 1. The normalized spacial score (nSPS) is 38.1. The van der Waals surface area contributed by atoms with Gasteiger partial charge in [0.25, 0.3) is 0 Å². The first-order valence-corrected chi connectivity index (χ1v) is 14.9. The summed E-state index contributed by atoms with van der Waals surface area (Å²) >= 11 is 0. The molecule has 0 radical (unpaired) electrons. The van der Waals surface area contributed by atoms with Gasteiger partial charge in [-0.2, -0.15) is 0 Å². The van der Waals surface area contributed by atoms with Crippen LogP contribution in [0.3, 0.4) is 0 Å². The lowest BCUT2D eigenvalue weighted by Crippen LogP contribution is -2.47. The van der Waals surface area contributed by atoms with Crippen LogP contribution in [0, 0.1) is 52.3 Å². The molecule has 4 aliphatic carbocycles. The Morgan fingerprint density at radius 1 is 1.09 bits per heavy atom. The number of hydrogen-bond acceptors (Lipinski definition) is 2. The SMILES string of the molecule is CC(C)CCC[C@@H](C)[C@H]1CC[C@H]2[C@@H]3CC(CF)C4=C(CC[C@H](OC(=O)C(C)(C)C)C4)[C@H]3CC[C@]12C. The van der Waals surface area contributed by atoms with Crippen molar-refractivity contribution in [3.8, 4) is 0 Å². The van der Waals surface area contributed by atoms with Gasteiger partial charge in [-0.05, 0) is 107 Å². The molecule has 0 aliphatic heterocycles. The molecule has 3 heteroatoms. The highest BCUT2D eigenvalue weighted by Gasteiger charge is 2.57. The summed E-state index contributed by atoms with van der Waals surface area (Å²) in [4.78, 5) is 12.5. The quantitative estimate of drug-likeness (QED) is 0.264. The van der Waals surface area contributed by atoms with E-state index in [1.165, 1.54) is 50.5 Å². The lowest BCUT2D eigenvalue weighted by Gasteiger charge is -2.54. The highest BCUT2D eigenvalue weighted by molar-refractivity contribution is 5.75. The molecule has 2 nitrogen and oxygen atoms in total. The molecular formula is C32H53FO2. The Morgan fingerprint density at radius 2 is 1.83 bits per heavy atom. The third-order valence-corrected chi connectivity index (χ3v) is 10.8. The number of esters is 1. The molecule has 35 heavy (non-hydrogen) atoms. The summed E-state index contributed by atoms with van der Waals surface area (Å²) in [5.41, 5.74) is 2.89. The summed E-state index contributed by atoms with van der Waals surface area (Å²) in [5.74, 6) is 4.46. The molecule has 1 unspecified atom stereocenters. The van der Waals surface area contributed by atoms with Crippen LogP contribution in [0.25, 0.3) is 0 Å². The molecule has 4 aliphatic rings. The van der Waals surface area contributed by atoms with Crippen molar-refractivity contribution in [2.75, 3.05) is 6.67 Å². The fourth-order valence-corrected chi connectivity index (χ4v) is 8.94. The number of halogens is 1. The zero-order valence-electron chi connectivity index (χ0n) is 23.8. The van der Waals surface area contributed by atoms with E-state index in [1.807, 2.05) is 20.8 Å². The lowest BCUT2D eigenvalue weighted by molar-refractivity contribution is -0.159. The van der Waals surface area contributed by atoms with Crippen LogP contribution in [0.4, 0.5) is 4.39 Å². The molecule has 8 atom stereocenters. The molecule has 200 valence electrons. The summed E-state index contributed by atoms with van der Waals surface area (Å²) in [5, 5.41) is 0. The van der Waals surface area contributed by atoms with Crippen LogP contribution in [0.1, 0.15) is 119 Å². The van der Waals surface area contributed by atoms with Crippen molar-refractivity contribution in [3.63, 3.8) is 0 Å². The van der Waals surface area contributed by atoms with Crippen molar-refractivity contribution in [1.29, 1.82) is 0 Å². The van der Waals surface area contributed by atoms with E-state index in [0.29, 0.717) is 17.3 Å². The Labute approximate surface area is 215 Å². The number of fused-ring (bicyclic) bond motifs is 4. The number of hydrogen-bond donors (Lipinski definition) is 0. The minimum atomic E-state index is -0.482. The number of ether oxygens (including phenoxy) is 1. The van der Waals surface area contributed by atoms with Crippen molar-refractivity contribution < 1.29 is 13.9 Å². The number of carbonyl (C=O) groups is 1. The Morgan fingerprint density at radius 3 is 2.49 bits per heavy atom. The second kappa shape index (κ2) is 10.5. The monoisotopic (exact) mass is 488 g/mol. The van der Waals surface area contributed by atoms with Crippen LogP contribution in [-0.4, -0.2) is 18.7 Å². The molecule has 0 aromatic carbocycles. The largest absolute Gasteiger partial charge is 0.462 e. The van der Waals surface area contributed by atoms with Crippen molar-refractivity contribution in [3.05, 3.63) is 11.1 Å². The van der Waals surface area contributed by atoms with E-state index in [-0.39, 0.29) is 24.7 Å². The van der Waals surface area contributed by atoms with Crippen molar-refractivity contribution in [2.45, 2.75) is 125 Å². The van der Waals surface area contributed by atoms with Gasteiger partial charge in [0.2, 0.25) is 0 Å². The first-order valence-electron chi connectivity index (χ1n) is 14.9. The summed E-state index contributed by atoms with van der Waals surface area (Å²) in [6, 6.07) is 0. The van der Waals surface area contributed by atoms with Crippen LogP contribution < -0.4 is 0 Å². The van der Waals surface area contributed by atoms with Gasteiger partial charge >= 0.3 is 5.97 Å². The second-order valence-corrected chi connectivity index (χ2v) is 14.6. The predicted octanol–water partition coefficient (Wildman–Crippen LogP) is 8.94. The minimum Gasteiger partial charge on any atom is -0.462 e. The van der Waals surface area contributed by atoms with Crippen molar-refractivity contribution in [1.82, 2.24) is 0 Å². The van der Waals surface area contributed by atoms with Gasteiger partial charge in [-0.15, -0.1) is 0 Å². The summed E-state index contributed by atoms with van der Waals surface area (Å²) < 4.78 is 20.4. The molecule has 0 aromatic heterocycles. The highest BCUT2D eigenvalue weighted by atomic mass is 19.1. The van der Waals surface area contributed by atoms with Gasteiger partial charge in [0.15, 0.2) is 0 Å². The van der Waals surface area contributed by atoms with Gasteiger partial charge in [0.05, 0.1) is 12.1 Å². The smallest absolute Gasteiger partial charge is 0.311 e. The van der Waals surface area contributed by atoms with Gasteiger partial charge < -0.3 is 4.74 Å². The zero-order chi connectivity index (χ0) is 25.5. The molecule has 0 amide bonds. The summed E-state index contributed by atoms with van der Waals surface area (Å²) in [6.45, 7) is 15.3. The van der Waals surface area contributed by atoms with E-state index in [4.69, 9.17) is 4.74 Å². The second-order valence-electron chi connectivity index (χ2n) is 14.6. The maximum Gasteiger partial charge on any atom is 0.311 e. The van der Waals surface area contributed by atoms with Gasteiger partial charge in [-0.25, -0.2) is 0 Å². The van der Waals surface area contributed by atoms with Crippen molar-refractivity contribution in [2.24, 2.45) is 52.3 Å². The van der Waals surface area contributed by atoms with Gasteiger partial charge in [0.1, 0.15) is 6.10 Å². The maximum atomic E-state index is 14.5. The Balaban J connectivity index is 1.48. The van der Waals surface area contributed by atoms with Gasteiger partial charge in [0, 0.05) is 12.3 Å². The topological polar surface area (TPSA) is 26.3 Å². The molecular weight excluding hydrogens is 435 g/mol. The van der Waals surface area contributed by atoms with Gasteiger partial charge in [-0.3, -0.25) is 9.18 Å². The predicted molar refractivity (Wildman–Crippen MR) is 143 cm³/mol. The molecule has 0 bridgehead atoms. The van der Waals surface area contributed by atoms with E-state index < -0.39 is 5.41 Å². The van der Waals surface area contributed by atoms with Crippen LogP contribution in [0.15, 0.2) is 11.1 Å². The fraction of sp³-hybridized carbons (Fsp3) is 0.906. The number of rotatable bonds is 7. The number of allylic oxidation sites excluding steroid dienone is 1. The third-order valence-electron chi connectivity index (χ3n) is 10.8. The average Bonchev–Trinajstić information content (AvgIpc) is 3.14. The van der Waals surface area contributed by atoms with Crippen LogP contribution in [0.5, 0.6) is 0 Å². The Kier molecular flexibility index (Phi) is 8.14. The maximum absolute atomic E-state index is 14.5. The van der Waals surface area contributed by atoms with E-state index >= 15 is 0 Å². The summed E-state index contributed by atoms with van der Waals surface area (Å²) in [6.07, 6.45) is 13.1. The lowest BCUT2D eigenvalue weighted by atomic mass is 9.51. The molecule has 2 fully saturated rings. The van der Waals surface area contributed by atoms with E-state index in [9.17, 15) is 9.18 Å². The first-order chi connectivity index (χ1) is 16.5. The molecule has 0 N–H and O–H groups in total. The third kappa shape index (κ3) is 5.40. The molecule has 0 saturated heterocycles. The Hall–Kier alpha value is -0.860. The minimum absolute atomic E-state index is 0.0484. The first kappa shape index (κ1) is 27.2. The molecule has 4 rings (SSSR count).